The molecule has 3 nitrogen and oxygen atoms in total. The van der Waals surface area contributed by atoms with E-state index in [9.17, 15) is 4.39 Å². The van der Waals surface area contributed by atoms with Gasteiger partial charge < -0.3 is 9.88 Å². The minimum absolute atomic E-state index is 0.332. The maximum absolute atomic E-state index is 13.8. The summed E-state index contributed by atoms with van der Waals surface area (Å²) in [6, 6.07) is 8.53. The van der Waals surface area contributed by atoms with Crippen LogP contribution in [0.2, 0.25) is 0 Å². The fourth-order valence-electron chi connectivity index (χ4n) is 1.90. The van der Waals surface area contributed by atoms with Crippen LogP contribution in [0.5, 0.6) is 0 Å². The zero-order valence-corrected chi connectivity index (χ0v) is 10.9. The van der Waals surface area contributed by atoms with Crippen molar-refractivity contribution < 1.29 is 4.39 Å². The van der Waals surface area contributed by atoms with E-state index in [1.54, 1.807) is 12.1 Å². The van der Waals surface area contributed by atoms with Gasteiger partial charge in [0.15, 0.2) is 0 Å². The molecule has 0 atom stereocenters. The highest BCUT2D eigenvalue weighted by Gasteiger charge is 2.05. The smallest absolute Gasteiger partial charge is 0.129 e. The number of hydrogen-bond acceptors (Lipinski definition) is 2. The molecule has 0 aliphatic carbocycles. The quantitative estimate of drug-likeness (QED) is 0.894. The van der Waals surface area contributed by atoms with Gasteiger partial charge in [0.2, 0.25) is 0 Å². The van der Waals surface area contributed by atoms with Crippen molar-refractivity contribution in [1.29, 1.82) is 5.26 Å². The number of nitrogens with one attached hydrogen (secondary N) is 1. The van der Waals surface area contributed by atoms with Crippen molar-refractivity contribution in [2.75, 3.05) is 6.54 Å². The maximum atomic E-state index is 13.8. The Morgan fingerprint density at radius 3 is 2.89 bits per heavy atom. The lowest BCUT2D eigenvalue weighted by molar-refractivity contribution is 0.599. The van der Waals surface area contributed by atoms with Gasteiger partial charge in [0.05, 0.1) is 11.6 Å². The van der Waals surface area contributed by atoms with Crippen LogP contribution in [0.15, 0.2) is 36.7 Å². The van der Waals surface area contributed by atoms with Crippen molar-refractivity contribution in [2.24, 2.45) is 0 Å². The molecule has 2 rings (SSSR count). The van der Waals surface area contributed by atoms with Crippen LogP contribution in [0.25, 0.3) is 0 Å². The molecule has 0 unspecified atom stereocenters. The van der Waals surface area contributed by atoms with Crippen molar-refractivity contribution in [3.05, 3.63) is 59.2 Å². The number of hydrogen-bond donors (Lipinski definition) is 1. The summed E-state index contributed by atoms with van der Waals surface area (Å²) in [5.41, 5.74) is 2.11. The van der Waals surface area contributed by atoms with Crippen molar-refractivity contribution in [3.8, 4) is 6.07 Å². The van der Waals surface area contributed by atoms with Gasteiger partial charge in [0.25, 0.3) is 0 Å². The number of rotatable bonds is 5. The Hall–Kier alpha value is -2.12. The third kappa shape index (κ3) is 3.43. The molecule has 0 aliphatic rings. The molecule has 0 radical (unpaired) electrons. The third-order valence-corrected chi connectivity index (χ3v) is 2.93. The van der Waals surface area contributed by atoms with Gasteiger partial charge in [0, 0.05) is 31.0 Å². The predicted octanol–water partition coefficient (Wildman–Crippen LogP) is 2.66. The van der Waals surface area contributed by atoms with Gasteiger partial charge in [0.1, 0.15) is 5.82 Å². The second-order valence-corrected chi connectivity index (χ2v) is 4.39. The monoisotopic (exact) mass is 257 g/mol. The SMILES string of the molecule is CCNCc1ccn(Cc2ccc(C#N)cc2F)c1. The molecule has 0 aliphatic heterocycles. The first-order valence-corrected chi connectivity index (χ1v) is 6.27. The molecule has 4 heteroatoms. The third-order valence-electron chi connectivity index (χ3n) is 2.93. The summed E-state index contributed by atoms with van der Waals surface area (Å²) < 4.78 is 15.7. The molecule has 0 fully saturated rings. The highest BCUT2D eigenvalue weighted by molar-refractivity contribution is 5.33. The van der Waals surface area contributed by atoms with Crippen LogP contribution < -0.4 is 5.32 Å². The summed E-state index contributed by atoms with van der Waals surface area (Å²) in [6.45, 7) is 4.28. The van der Waals surface area contributed by atoms with Crippen molar-refractivity contribution in [2.45, 2.75) is 20.0 Å². The van der Waals surface area contributed by atoms with Crippen LogP contribution in [0, 0.1) is 17.1 Å². The Bertz CT molecular complexity index is 596. The Morgan fingerprint density at radius 1 is 1.37 bits per heavy atom. The molecule has 0 bridgehead atoms. The van der Waals surface area contributed by atoms with E-state index in [0.29, 0.717) is 17.7 Å². The van der Waals surface area contributed by atoms with Crippen LogP contribution >= 0.6 is 0 Å². The predicted molar refractivity (Wildman–Crippen MR) is 72.0 cm³/mol. The van der Waals surface area contributed by atoms with Gasteiger partial charge in [-0.3, -0.25) is 0 Å². The minimum atomic E-state index is -0.332. The fourth-order valence-corrected chi connectivity index (χ4v) is 1.90. The van der Waals surface area contributed by atoms with Crippen LogP contribution in [0.3, 0.4) is 0 Å². The first-order valence-electron chi connectivity index (χ1n) is 6.27. The van der Waals surface area contributed by atoms with Crippen LogP contribution in [0.1, 0.15) is 23.6 Å². The molecule has 2 aromatic rings. The first kappa shape index (κ1) is 13.3. The average Bonchev–Trinajstić information content (AvgIpc) is 2.86. The zero-order chi connectivity index (χ0) is 13.7. The molecule has 0 saturated heterocycles. The summed E-state index contributed by atoms with van der Waals surface area (Å²) in [4.78, 5) is 0. The largest absolute Gasteiger partial charge is 0.349 e. The van der Waals surface area contributed by atoms with Gasteiger partial charge in [-0.15, -0.1) is 0 Å². The maximum Gasteiger partial charge on any atom is 0.129 e. The second kappa shape index (κ2) is 6.17. The molecule has 19 heavy (non-hydrogen) atoms. The van der Waals surface area contributed by atoms with Crippen LogP contribution in [0.4, 0.5) is 4.39 Å². The van der Waals surface area contributed by atoms with Gasteiger partial charge in [-0.1, -0.05) is 13.0 Å². The lowest BCUT2D eigenvalue weighted by Gasteiger charge is -2.05. The molecular weight excluding hydrogens is 241 g/mol. The number of benzene rings is 1. The highest BCUT2D eigenvalue weighted by atomic mass is 19.1. The van der Waals surface area contributed by atoms with Gasteiger partial charge >= 0.3 is 0 Å². The van der Waals surface area contributed by atoms with E-state index < -0.39 is 0 Å². The Kier molecular flexibility index (Phi) is 4.32. The number of nitriles is 1. The Balaban J connectivity index is 2.09. The number of aromatic nitrogens is 1. The van der Waals surface area contributed by atoms with Crippen molar-refractivity contribution in [3.63, 3.8) is 0 Å². The van der Waals surface area contributed by atoms with Gasteiger partial charge in [-0.25, -0.2) is 4.39 Å². The highest BCUT2D eigenvalue weighted by Crippen LogP contribution is 2.12. The topological polar surface area (TPSA) is 40.8 Å². The van der Waals surface area contributed by atoms with E-state index in [4.69, 9.17) is 5.26 Å². The normalized spacial score (nSPS) is 10.4. The summed E-state index contributed by atoms with van der Waals surface area (Å²) in [5, 5.41) is 11.9. The first-order chi connectivity index (χ1) is 9.22. The molecule has 0 amide bonds. The zero-order valence-electron chi connectivity index (χ0n) is 10.9. The van der Waals surface area contributed by atoms with E-state index in [-0.39, 0.29) is 5.82 Å². The molecule has 1 aromatic heterocycles. The average molecular weight is 257 g/mol. The molecule has 98 valence electrons. The molecule has 1 N–H and O–H groups in total. The van der Waals surface area contributed by atoms with Crippen LogP contribution in [-0.4, -0.2) is 11.1 Å². The van der Waals surface area contributed by atoms with E-state index in [1.807, 2.05) is 29.1 Å². The van der Waals surface area contributed by atoms with Gasteiger partial charge in [-0.05, 0) is 30.3 Å². The second-order valence-electron chi connectivity index (χ2n) is 4.39. The van der Waals surface area contributed by atoms with Crippen molar-refractivity contribution >= 4 is 0 Å². The number of nitrogens with zero attached hydrogens (tertiary/aromatic N) is 2. The van der Waals surface area contributed by atoms with E-state index in [1.165, 1.54) is 11.6 Å². The summed E-state index contributed by atoms with van der Waals surface area (Å²) in [6.07, 6.45) is 3.94. The molecule has 1 aromatic carbocycles. The Labute approximate surface area is 112 Å². The molecular formula is C15H16FN3. The number of halogens is 1. The van der Waals surface area contributed by atoms with Crippen LogP contribution in [-0.2, 0) is 13.1 Å². The lowest BCUT2D eigenvalue weighted by atomic mass is 10.1. The molecule has 1 heterocycles. The fraction of sp³-hybridized carbons (Fsp3) is 0.267. The minimum Gasteiger partial charge on any atom is -0.349 e. The van der Waals surface area contributed by atoms with E-state index in [2.05, 4.69) is 12.2 Å². The summed E-state index contributed by atoms with van der Waals surface area (Å²) in [7, 11) is 0. The van der Waals surface area contributed by atoms with Gasteiger partial charge in [-0.2, -0.15) is 5.26 Å². The lowest BCUT2D eigenvalue weighted by Crippen LogP contribution is -2.11. The van der Waals surface area contributed by atoms with E-state index in [0.717, 1.165) is 13.1 Å². The Morgan fingerprint density at radius 2 is 2.21 bits per heavy atom. The summed E-state index contributed by atoms with van der Waals surface area (Å²) in [5.74, 6) is -0.332. The molecule has 0 saturated carbocycles. The molecule has 0 spiro atoms. The van der Waals surface area contributed by atoms with Crippen molar-refractivity contribution in [1.82, 2.24) is 9.88 Å². The summed E-state index contributed by atoms with van der Waals surface area (Å²) >= 11 is 0. The van der Waals surface area contributed by atoms with E-state index >= 15 is 0 Å². The standard InChI is InChI=1S/C15H16FN3/c1-2-18-9-13-5-6-19(10-13)11-14-4-3-12(8-17)7-15(14)16/h3-7,10,18H,2,9,11H2,1H3.